The minimum atomic E-state index is -0.535. The first-order valence-electron chi connectivity index (χ1n) is 9.65. The monoisotopic (exact) mass is 384 g/mol. The number of benzene rings is 1. The standard InChI is InChI=1S/C22H28N2O4/c1-22(2,3)28-21(25)15-9-12-20(23-14-15)24-16-10-11-18(26-4)19(13-16)27-17-7-5-6-8-17/h9-14,17H,5-8H2,1-4H3,(H,23,24). The van der Waals surface area contributed by atoms with Gasteiger partial charge in [-0.1, -0.05) is 0 Å². The van der Waals surface area contributed by atoms with E-state index in [1.807, 2.05) is 39.0 Å². The van der Waals surface area contributed by atoms with Crippen LogP contribution in [-0.2, 0) is 4.74 Å². The Morgan fingerprint density at radius 3 is 2.46 bits per heavy atom. The van der Waals surface area contributed by atoms with Gasteiger partial charge < -0.3 is 19.5 Å². The molecule has 0 amide bonds. The van der Waals surface area contributed by atoms with Crippen LogP contribution in [0.2, 0.25) is 0 Å². The van der Waals surface area contributed by atoms with Crippen LogP contribution in [0.15, 0.2) is 36.5 Å². The lowest BCUT2D eigenvalue weighted by Gasteiger charge is -2.19. The number of anilines is 2. The molecule has 6 nitrogen and oxygen atoms in total. The van der Waals surface area contributed by atoms with Crippen LogP contribution in [0.1, 0.15) is 56.8 Å². The van der Waals surface area contributed by atoms with Gasteiger partial charge in [-0.15, -0.1) is 0 Å². The summed E-state index contributed by atoms with van der Waals surface area (Å²) in [6, 6.07) is 9.15. The van der Waals surface area contributed by atoms with Gasteiger partial charge in [-0.05, 0) is 70.7 Å². The molecule has 0 spiro atoms. The Kier molecular flexibility index (Phi) is 6.07. The number of nitrogens with one attached hydrogen (secondary N) is 1. The van der Waals surface area contributed by atoms with E-state index in [1.54, 1.807) is 19.2 Å². The Bertz CT molecular complexity index is 806. The first-order chi connectivity index (χ1) is 13.3. The predicted octanol–water partition coefficient (Wildman–Crippen LogP) is 5.11. The average molecular weight is 384 g/mol. The number of hydrogen-bond donors (Lipinski definition) is 1. The van der Waals surface area contributed by atoms with Crippen molar-refractivity contribution in [1.82, 2.24) is 4.98 Å². The molecule has 1 N–H and O–H groups in total. The summed E-state index contributed by atoms with van der Waals surface area (Å²) in [5.74, 6) is 1.68. The van der Waals surface area contributed by atoms with E-state index in [4.69, 9.17) is 14.2 Å². The van der Waals surface area contributed by atoms with Gasteiger partial charge in [0.2, 0.25) is 0 Å². The number of aromatic nitrogens is 1. The van der Waals surface area contributed by atoms with Crippen LogP contribution in [0.4, 0.5) is 11.5 Å². The number of rotatable bonds is 6. The predicted molar refractivity (Wildman–Crippen MR) is 109 cm³/mol. The Morgan fingerprint density at radius 2 is 1.86 bits per heavy atom. The summed E-state index contributed by atoms with van der Waals surface area (Å²) < 4.78 is 16.9. The smallest absolute Gasteiger partial charge is 0.340 e. The highest BCUT2D eigenvalue weighted by atomic mass is 16.6. The fourth-order valence-electron chi connectivity index (χ4n) is 3.11. The number of methoxy groups -OCH3 is 1. The van der Waals surface area contributed by atoms with Crippen LogP contribution in [0.25, 0.3) is 0 Å². The van der Waals surface area contributed by atoms with Gasteiger partial charge in [0.25, 0.3) is 0 Å². The summed E-state index contributed by atoms with van der Waals surface area (Å²) in [6.45, 7) is 5.51. The fraction of sp³-hybridized carbons (Fsp3) is 0.455. The number of nitrogens with zero attached hydrogens (tertiary/aromatic N) is 1. The first-order valence-corrected chi connectivity index (χ1v) is 9.65. The summed E-state index contributed by atoms with van der Waals surface area (Å²) in [5, 5.41) is 3.24. The van der Waals surface area contributed by atoms with E-state index in [0.29, 0.717) is 17.1 Å². The van der Waals surface area contributed by atoms with E-state index in [1.165, 1.54) is 19.0 Å². The van der Waals surface area contributed by atoms with Gasteiger partial charge in [-0.2, -0.15) is 0 Å². The quantitative estimate of drug-likeness (QED) is 0.698. The normalized spacial score (nSPS) is 14.6. The van der Waals surface area contributed by atoms with Crippen molar-refractivity contribution >= 4 is 17.5 Å². The molecule has 1 aromatic heterocycles. The third kappa shape index (κ3) is 5.38. The van der Waals surface area contributed by atoms with Gasteiger partial charge in [0.15, 0.2) is 11.5 Å². The van der Waals surface area contributed by atoms with Gasteiger partial charge in [0.1, 0.15) is 11.4 Å². The number of hydrogen-bond acceptors (Lipinski definition) is 6. The van der Waals surface area contributed by atoms with Crippen molar-refractivity contribution in [2.45, 2.75) is 58.2 Å². The van der Waals surface area contributed by atoms with Crippen molar-refractivity contribution < 1.29 is 19.0 Å². The highest BCUT2D eigenvalue weighted by Gasteiger charge is 2.19. The molecule has 28 heavy (non-hydrogen) atoms. The summed E-state index contributed by atoms with van der Waals surface area (Å²) in [6.07, 6.45) is 6.33. The molecule has 1 saturated carbocycles. The van der Waals surface area contributed by atoms with Crippen molar-refractivity contribution in [1.29, 1.82) is 0 Å². The highest BCUT2D eigenvalue weighted by molar-refractivity contribution is 5.89. The Balaban J connectivity index is 1.69. The highest BCUT2D eigenvalue weighted by Crippen LogP contribution is 2.34. The first kappa shape index (κ1) is 20.0. The zero-order valence-corrected chi connectivity index (χ0v) is 17.0. The second kappa shape index (κ2) is 8.50. The largest absolute Gasteiger partial charge is 0.493 e. The molecule has 0 atom stereocenters. The Morgan fingerprint density at radius 1 is 1.11 bits per heavy atom. The van der Waals surface area contributed by atoms with Crippen molar-refractivity contribution in [3.63, 3.8) is 0 Å². The molecule has 0 saturated heterocycles. The third-order valence-electron chi connectivity index (χ3n) is 4.43. The summed E-state index contributed by atoms with van der Waals surface area (Å²) in [7, 11) is 1.64. The lowest BCUT2D eigenvalue weighted by molar-refractivity contribution is 0.00691. The molecular formula is C22H28N2O4. The number of carbonyl (C=O) groups is 1. The topological polar surface area (TPSA) is 69.7 Å². The molecular weight excluding hydrogens is 356 g/mol. The zero-order valence-electron chi connectivity index (χ0n) is 17.0. The Labute approximate surface area is 166 Å². The van der Waals surface area contributed by atoms with Crippen LogP contribution in [0.3, 0.4) is 0 Å². The molecule has 0 unspecified atom stereocenters. The van der Waals surface area contributed by atoms with Crippen LogP contribution in [0, 0.1) is 0 Å². The van der Waals surface area contributed by atoms with E-state index in [2.05, 4.69) is 10.3 Å². The molecule has 1 heterocycles. The zero-order chi connectivity index (χ0) is 20.1. The molecule has 0 aliphatic heterocycles. The number of pyridine rings is 1. The van der Waals surface area contributed by atoms with E-state index in [9.17, 15) is 4.79 Å². The maximum Gasteiger partial charge on any atom is 0.340 e. The second-order valence-electron chi connectivity index (χ2n) is 7.95. The van der Waals surface area contributed by atoms with Crippen LogP contribution in [-0.4, -0.2) is 29.8 Å². The summed E-state index contributed by atoms with van der Waals surface area (Å²) in [5.41, 5.74) is 0.721. The van der Waals surface area contributed by atoms with Gasteiger partial charge in [0, 0.05) is 18.0 Å². The molecule has 2 aromatic rings. The van der Waals surface area contributed by atoms with Crippen LogP contribution < -0.4 is 14.8 Å². The minimum absolute atomic E-state index is 0.246. The molecule has 3 rings (SSSR count). The molecule has 1 aliphatic carbocycles. The molecule has 150 valence electrons. The number of carbonyl (C=O) groups excluding carboxylic acids is 1. The lowest BCUT2D eigenvalue weighted by atomic mass is 10.2. The van der Waals surface area contributed by atoms with Crippen molar-refractivity contribution in [2.24, 2.45) is 0 Å². The minimum Gasteiger partial charge on any atom is -0.493 e. The molecule has 1 aliphatic rings. The van der Waals surface area contributed by atoms with Crippen LogP contribution >= 0.6 is 0 Å². The Hall–Kier alpha value is -2.76. The molecule has 6 heteroatoms. The molecule has 0 bridgehead atoms. The maximum absolute atomic E-state index is 12.1. The summed E-state index contributed by atoms with van der Waals surface area (Å²) in [4.78, 5) is 16.4. The van der Waals surface area contributed by atoms with Crippen LogP contribution in [0.5, 0.6) is 11.5 Å². The van der Waals surface area contributed by atoms with Crippen molar-refractivity contribution in [3.8, 4) is 11.5 Å². The molecule has 1 aromatic carbocycles. The van der Waals surface area contributed by atoms with E-state index >= 15 is 0 Å². The van der Waals surface area contributed by atoms with Gasteiger partial charge >= 0.3 is 5.97 Å². The summed E-state index contributed by atoms with van der Waals surface area (Å²) >= 11 is 0. The maximum atomic E-state index is 12.1. The molecule has 1 fully saturated rings. The van der Waals surface area contributed by atoms with Crippen molar-refractivity contribution in [3.05, 3.63) is 42.1 Å². The van der Waals surface area contributed by atoms with E-state index in [-0.39, 0.29) is 12.1 Å². The average Bonchev–Trinajstić information content (AvgIpc) is 3.14. The van der Waals surface area contributed by atoms with Gasteiger partial charge in [0.05, 0.1) is 18.8 Å². The van der Waals surface area contributed by atoms with E-state index in [0.717, 1.165) is 24.3 Å². The number of ether oxygens (including phenoxy) is 3. The fourth-order valence-corrected chi connectivity index (χ4v) is 3.11. The lowest BCUT2D eigenvalue weighted by Crippen LogP contribution is -2.23. The second-order valence-corrected chi connectivity index (χ2v) is 7.95. The SMILES string of the molecule is COc1ccc(Nc2ccc(C(=O)OC(C)(C)C)cn2)cc1OC1CCCC1. The third-order valence-corrected chi connectivity index (χ3v) is 4.43. The van der Waals surface area contributed by atoms with Gasteiger partial charge in [-0.3, -0.25) is 0 Å². The number of esters is 1. The van der Waals surface area contributed by atoms with Gasteiger partial charge in [-0.25, -0.2) is 9.78 Å². The van der Waals surface area contributed by atoms with E-state index < -0.39 is 5.60 Å². The molecule has 0 radical (unpaired) electrons. The van der Waals surface area contributed by atoms with Crippen molar-refractivity contribution in [2.75, 3.05) is 12.4 Å².